The monoisotopic (exact) mass is 471 g/mol. The third kappa shape index (κ3) is 4.45. The Labute approximate surface area is 200 Å². The lowest BCUT2D eigenvalue weighted by Crippen LogP contribution is -3.10. The summed E-state index contributed by atoms with van der Waals surface area (Å²) < 4.78 is 2.15. The quantitative estimate of drug-likeness (QED) is 0.395. The number of nitrogens with one attached hydrogen (secondary N) is 4. The summed E-state index contributed by atoms with van der Waals surface area (Å²) in [6.07, 6.45) is 11.7. The van der Waals surface area contributed by atoms with E-state index in [4.69, 9.17) is 0 Å². The molecule has 6 rings (SSSR count). The van der Waals surface area contributed by atoms with Gasteiger partial charge in [-0.25, -0.2) is 9.89 Å². The van der Waals surface area contributed by atoms with Gasteiger partial charge < -0.3 is 5.32 Å². The fraction of sp³-hybridized carbons (Fsp3) is 0.167. The summed E-state index contributed by atoms with van der Waals surface area (Å²) in [5.74, 6) is 3.29. The normalized spacial score (nSPS) is 18.8. The van der Waals surface area contributed by atoms with E-state index < -0.39 is 0 Å². The highest BCUT2D eigenvalue weighted by Gasteiger charge is 2.32. The van der Waals surface area contributed by atoms with Gasteiger partial charge in [-0.15, -0.1) is 0 Å². The molecule has 1 fully saturated rings. The number of benzene rings is 1. The zero-order valence-electron chi connectivity index (χ0n) is 18.2. The average Bonchev–Trinajstić information content (AvgIpc) is 3.41. The van der Waals surface area contributed by atoms with Crippen molar-refractivity contribution in [1.82, 2.24) is 19.5 Å². The van der Waals surface area contributed by atoms with Crippen molar-refractivity contribution in [3.63, 3.8) is 0 Å². The van der Waals surface area contributed by atoms with Gasteiger partial charge in [0.1, 0.15) is 12.7 Å². The first kappa shape index (κ1) is 20.7. The number of aromatic nitrogens is 3. The minimum atomic E-state index is -0.157. The summed E-state index contributed by atoms with van der Waals surface area (Å²) in [7, 11) is 0. The van der Waals surface area contributed by atoms with Crippen molar-refractivity contribution in [2.75, 3.05) is 17.2 Å². The molecule has 9 nitrogen and oxygen atoms in total. The summed E-state index contributed by atoms with van der Waals surface area (Å²) in [6, 6.07) is 13.3. The van der Waals surface area contributed by atoms with Crippen molar-refractivity contribution >= 4 is 35.2 Å². The molecular weight excluding hydrogens is 448 g/mol. The Morgan fingerprint density at radius 3 is 2.76 bits per heavy atom. The summed E-state index contributed by atoms with van der Waals surface area (Å²) in [5.41, 5.74) is 2.51. The molecule has 4 N–H and O–H groups in total. The number of quaternary nitrogens is 1. The van der Waals surface area contributed by atoms with E-state index in [0.717, 1.165) is 33.0 Å². The standard InChI is InChI=1S/C24H22N8OS/c33-24(17-7-9-25-10-8-17)27-18-3-5-19(6-4-18)34-31-14-22-26-11-12-32(22)23(15-31)28-21-13-20(29-30-21)16-1-2-16/h3-13,15-16H,1-2,14H2,(H,27,33)(H2,28,29,30)/p+1. The number of amides is 1. The predicted octanol–water partition coefficient (Wildman–Crippen LogP) is 2.94. The van der Waals surface area contributed by atoms with E-state index in [0.29, 0.717) is 18.0 Å². The highest BCUT2D eigenvalue weighted by atomic mass is 32.2. The van der Waals surface area contributed by atoms with E-state index in [-0.39, 0.29) is 5.91 Å². The molecule has 1 aromatic carbocycles. The lowest BCUT2D eigenvalue weighted by molar-refractivity contribution is -0.699. The van der Waals surface area contributed by atoms with Gasteiger partial charge in [-0.1, -0.05) is 0 Å². The van der Waals surface area contributed by atoms with Gasteiger partial charge in [-0.3, -0.25) is 24.5 Å². The Hall–Kier alpha value is -3.89. The number of rotatable bonds is 7. The molecule has 3 aromatic rings. The van der Waals surface area contributed by atoms with Crippen molar-refractivity contribution in [1.29, 1.82) is 0 Å². The molecule has 1 amide bonds. The zero-order chi connectivity index (χ0) is 22.9. The van der Waals surface area contributed by atoms with E-state index in [1.807, 2.05) is 36.7 Å². The van der Waals surface area contributed by atoms with E-state index in [9.17, 15) is 4.79 Å². The van der Waals surface area contributed by atoms with Crippen molar-refractivity contribution in [2.45, 2.75) is 23.7 Å². The van der Waals surface area contributed by atoms with Gasteiger partial charge in [-0.05, 0) is 61.2 Å². The highest BCUT2D eigenvalue weighted by Crippen LogP contribution is 2.39. The fourth-order valence-electron chi connectivity index (χ4n) is 3.89. The predicted molar refractivity (Wildman–Crippen MR) is 131 cm³/mol. The van der Waals surface area contributed by atoms with Gasteiger partial charge in [-0.2, -0.15) is 5.10 Å². The number of H-pyrrole nitrogens is 1. The van der Waals surface area contributed by atoms with Gasteiger partial charge in [0.15, 0.2) is 5.82 Å². The number of pyridine rings is 1. The molecule has 34 heavy (non-hydrogen) atoms. The molecule has 1 unspecified atom stereocenters. The fourth-order valence-corrected chi connectivity index (χ4v) is 4.76. The molecule has 1 aliphatic carbocycles. The molecule has 170 valence electrons. The molecule has 4 heterocycles. The summed E-state index contributed by atoms with van der Waals surface area (Å²) in [6.45, 7) is 0.701. The molecule has 0 bridgehead atoms. The number of amidine groups is 1. The maximum atomic E-state index is 12.4. The first-order valence-corrected chi connectivity index (χ1v) is 11.9. The van der Waals surface area contributed by atoms with Crippen LogP contribution in [0.4, 0.5) is 11.5 Å². The second-order valence-electron chi connectivity index (χ2n) is 8.34. The van der Waals surface area contributed by atoms with Crippen LogP contribution in [0.5, 0.6) is 0 Å². The Bertz CT molecular complexity index is 1290. The molecule has 1 atom stereocenters. The third-order valence-corrected chi connectivity index (χ3v) is 6.76. The Morgan fingerprint density at radius 2 is 1.97 bits per heavy atom. The molecule has 2 aromatic heterocycles. The lowest BCUT2D eigenvalue weighted by Gasteiger charge is -2.27. The summed E-state index contributed by atoms with van der Waals surface area (Å²) in [4.78, 5) is 23.0. The molecule has 0 saturated heterocycles. The van der Waals surface area contributed by atoms with Crippen LogP contribution in [0.25, 0.3) is 0 Å². The molecule has 1 saturated carbocycles. The number of hydrogen-bond donors (Lipinski definition) is 4. The molecule has 10 heteroatoms. The number of anilines is 2. The maximum Gasteiger partial charge on any atom is 0.255 e. The first-order chi connectivity index (χ1) is 16.7. The van der Waals surface area contributed by atoms with Crippen LogP contribution in [0.2, 0.25) is 0 Å². The van der Waals surface area contributed by atoms with Crippen LogP contribution < -0.4 is 15.5 Å². The highest BCUT2D eigenvalue weighted by molar-refractivity contribution is 7.97. The Kier molecular flexibility index (Phi) is 5.36. The molecule has 3 aliphatic rings. The minimum absolute atomic E-state index is 0.157. The van der Waals surface area contributed by atoms with E-state index in [2.05, 4.69) is 47.4 Å². The molecule has 0 spiro atoms. The number of hydrogen-bond acceptors (Lipinski definition) is 7. The Balaban J connectivity index is 1.14. The second kappa shape index (κ2) is 8.81. The minimum Gasteiger partial charge on any atom is -0.322 e. The van der Waals surface area contributed by atoms with Crippen LogP contribution in [0.3, 0.4) is 0 Å². The van der Waals surface area contributed by atoms with Crippen molar-refractivity contribution in [2.24, 2.45) is 4.99 Å². The van der Waals surface area contributed by atoms with Gasteiger partial charge in [0.05, 0.1) is 12.4 Å². The van der Waals surface area contributed by atoms with Gasteiger partial charge in [0, 0.05) is 46.2 Å². The molecule has 2 aliphatic heterocycles. The lowest BCUT2D eigenvalue weighted by atomic mass is 10.2. The number of fused-ring (bicyclic) bond motifs is 1. The zero-order valence-corrected chi connectivity index (χ0v) is 19.0. The van der Waals surface area contributed by atoms with Gasteiger partial charge in [0.2, 0.25) is 11.7 Å². The topological polar surface area (TPSA) is 103 Å². The average molecular weight is 472 g/mol. The number of aromatic amines is 1. The number of aliphatic imine (C=N–C) groups is 1. The van der Waals surface area contributed by atoms with E-state index in [1.54, 1.807) is 36.5 Å². The smallest absolute Gasteiger partial charge is 0.255 e. The van der Waals surface area contributed by atoms with Crippen LogP contribution >= 0.6 is 11.9 Å². The van der Waals surface area contributed by atoms with E-state index >= 15 is 0 Å². The number of carbonyl (C=O) groups excluding carboxylic acids is 1. The van der Waals surface area contributed by atoms with Crippen LogP contribution in [0.15, 0.2) is 89.2 Å². The van der Waals surface area contributed by atoms with Gasteiger partial charge >= 0.3 is 0 Å². The number of nitrogens with zero attached hydrogens (tertiary/aromatic N) is 4. The van der Waals surface area contributed by atoms with E-state index in [1.165, 1.54) is 18.5 Å². The third-order valence-electron chi connectivity index (χ3n) is 5.81. The number of carbonyl (C=O) groups is 1. The van der Waals surface area contributed by atoms with Crippen LogP contribution in [0.1, 0.15) is 34.8 Å². The summed E-state index contributed by atoms with van der Waals surface area (Å²) >= 11 is 1.62. The van der Waals surface area contributed by atoms with Crippen molar-refractivity contribution < 1.29 is 9.69 Å². The van der Waals surface area contributed by atoms with Crippen molar-refractivity contribution in [3.05, 3.63) is 90.5 Å². The Morgan fingerprint density at radius 1 is 1.15 bits per heavy atom. The van der Waals surface area contributed by atoms with Crippen LogP contribution in [0, 0.1) is 0 Å². The summed E-state index contributed by atoms with van der Waals surface area (Å²) in [5, 5.41) is 14.0. The van der Waals surface area contributed by atoms with Gasteiger partial charge in [0.25, 0.3) is 5.91 Å². The molecule has 0 radical (unpaired) electrons. The second-order valence-corrected chi connectivity index (χ2v) is 9.46. The van der Waals surface area contributed by atoms with Crippen LogP contribution in [-0.2, 0) is 0 Å². The molecular formula is C24H23N8OS+. The van der Waals surface area contributed by atoms with Crippen molar-refractivity contribution in [3.8, 4) is 0 Å². The first-order valence-electron chi connectivity index (χ1n) is 11.1. The maximum absolute atomic E-state index is 12.4. The largest absolute Gasteiger partial charge is 0.322 e. The SMILES string of the molecule is O=C(Nc1ccc(SN2C=C(Nc3cc(C4CC4)[nH]n3)[NH+]3C=CN=C3C2)cc1)c1ccncc1. The van der Waals surface area contributed by atoms with Crippen LogP contribution in [-0.4, -0.2) is 37.8 Å².